The van der Waals surface area contributed by atoms with E-state index in [9.17, 15) is 5.11 Å². The molecular formula is C21H29NO3. The largest absolute Gasteiger partial charge is 0.497 e. The number of unbranched alkanes of at least 4 members (excludes halogenated alkanes) is 1. The second-order valence-electron chi connectivity index (χ2n) is 6.32. The third-order valence-electron chi connectivity index (χ3n) is 4.62. The first kappa shape index (κ1) is 19.3. The van der Waals surface area contributed by atoms with E-state index in [2.05, 4.69) is 6.92 Å². The van der Waals surface area contributed by atoms with E-state index in [1.165, 1.54) is 0 Å². The second-order valence-corrected chi connectivity index (χ2v) is 6.32. The number of methoxy groups -OCH3 is 2. The lowest BCUT2D eigenvalue weighted by molar-refractivity contribution is 0.122. The zero-order chi connectivity index (χ0) is 18.2. The van der Waals surface area contributed by atoms with Crippen molar-refractivity contribution < 1.29 is 14.6 Å². The van der Waals surface area contributed by atoms with E-state index in [1.54, 1.807) is 14.2 Å². The van der Waals surface area contributed by atoms with E-state index in [4.69, 9.17) is 15.2 Å². The van der Waals surface area contributed by atoms with E-state index in [1.807, 2.05) is 48.5 Å². The Labute approximate surface area is 150 Å². The molecular weight excluding hydrogens is 314 g/mol. The lowest BCUT2D eigenvalue weighted by Gasteiger charge is -2.29. The number of hydrogen-bond acceptors (Lipinski definition) is 4. The maximum absolute atomic E-state index is 11.0. The Bertz CT molecular complexity index is 577. The van der Waals surface area contributed by atoms with Crippen LogP contribution in [0, 0.1) is 0 Å². The summed E-state index contributed by atoms with van der Waals surface area (Å²) in [5.41, 5.74) is 8.33. The van der Waals surface area contributed by atoms with Crippen LogP contribution in [0.1, 0.15) is 43.2 Å². The molecule has 0 saturated heterocycles. The summed E-state index contributed by atoms with van der Waals surface area (Å²) in [5, 5.41) is 11.0. The van der Waals surface area contributed by atoms with Gasteiger partial charge in [0.1, 0.15) is 11.5 Å². The molecule has 0 fully saturated rings. The molecule has 0 heterocycles. The van der Waals surface area contributed by atoms with E-state index in [0.717, 1.165) is 41.9 Å². The van der Waals surface area contributed by atoms with Crippen LogP contribution >= 0.6 is 0 Å². The molecule has 4 heteroatoms. The summed E-state index contributed by atoms with van der Waals surface area (Å²) in [6, 6.07) is 15.3. The summed E-state index contributed by atoms with van der Waals surface area (Å²) in [6.07, 6.45) is 2.22. The predicted molar refractivity (Wildman–Crippen MR) is 101 cm³/mol. The zero-order valence-electron chi connectivity index (χ0n) is 15.3. The molecule has 0 bridgehead atoms. The highest BCUT2D eigenvalue weighted by molar-refractivity contribution is 5.39. The fraction of sp³-hybridized carbons (Fsp3) is 0.429. The summed E-state index contributed by atoms with van der Waals surface area (Å²) >= 11 is 0. The lowest BCUT2D eigenvalue weighted by atomic mass is 9.82. The Morgan fingerprint density at radius 1 is 0.880 bits per heavy atom. The first-order chi connectivity index (χ1) is 12.1. The Morgan fingerprint density at radius 2 is 1.32 bits per heavy atom. The molecule has 2 rings (SSSR count). The molecule has 2 aromatic carbocycles. The number of nitrogens with two attached hydrogens (primary N) is 1. The summed E-state index contributed by atoms with van der Waals surface area (Å²) in [7, 11) is 3.29. The summed E-state index contributed by atoms with van der Waals surface area (Å²) in [6.45, 7) is 2.13. The zero-order valence-corrected chi connectivity index (χ0v) is 15.3. The molecule has 4 nitrogen and oxygen atoms in total. The molecule has 25 heavy (non-hydrogen) atoms. The molecule has 136 valence electrons. The Balaban J connectivity index is 2.34. The normalized spacial score (nSPS) is 13.5. The van der Waals surface area contributed by atoms with Crippen molar-refractivity contribution in [2.24, 2.45) is 5.73 Å². The maximum atomic E-state index is 11.0. The molecule has 3 N–H and O–H groups in total. The molecule has 0 aromatic heterocycles. The Kier molecular flexibility index (Phi) is 7.29. The molecule has 0 aliphatic carbocycles. The smallest absolute Gasteiger partial charge is 0.118 e. The molecule has 0 saturated carbocycles. The van der Waals surface area contributed by atoms with Crippen molar-refractivity contribution in [1.29, 1.82) is 0 Å². The number of aliphatic hydroxyl groups is 1. The van der Waals surface area contributed by atoms with Crippen molar-refractivity contribution in [2.75, 3.05) is 14.2 Å². The van der Waals surface area contributed by atoms with E-state index in [0.29, 0.717) is 0 Å². The number of rotatable bonds is 9. The van der Waals surface area contributed by atoms with Crippen LogP contribution in [-0.2, 0) is 0 Å². The van der Waals surface area contributed by atoms with E-state index >= 15 is 0 Å². The van der Waals surface area contributed by atoms with Crippen molar-refractivity contribution in [3.63, 3.8) is 0 Å². The molecule has 0 aliphatic heterocycles. The molecule has 0 radical (unpaired) electrons. The fourth-order valence-corrected chi connectivity index (χ4v) is 3.07. The first-order valence-electron chi connectivity index (χ1n) is 8.82. The number of hydrogen-bond donors (Lipinski definition) is 2. The van der Waals surface area contributed by atoms with Gasteiger partial charge in [-0.05, 0) is 41.8 Å². The quantitative estimate of drug-likeness (QED) is 0.728. The average Bonchev–Trinajstić information content (AvgIpc) is 2.67. The third-order valence-corrected chi connectivity index (χ3v) is 4.62. The van der Waals surface area contributed by atoms with Gasteiger partial charge in [0.2, 0.25) is 0 Å². The van der Waals surface area contributed by atoms with Gasteiger partial charge in [-0.3, -0.25) is 0 Å². The highest BCUT2D eigenvalue weighted by atomic mass is 16.5. The summed E-state index contributed by atoms with van der Waals surface area (Å²) < 4.78 is 10.5. The van der Waals surface area contributed by atoms with Gasteiger partial charge in [-0.1, -0.05) is 44.0 Å². The highest BCUT2D eigenvalue weighted by Crippen LogP contribution is 2.32. The number of ether oxygens (including phenoxy) is 2. The van der Waals surface area contributed by atoms with Crippen molar-refractivity contribution in [3.05, 3.63) is 59.7 Å². The van der Waals surface area contributed by atoms with Crippen LogP contribution in [0.2, 0.25) is 0 Å². The van der Waals surface area contributed by atoms with Gasteiger partial charge < -0.3 is 20.3 Å². The third kappa shape index (κ3) is 4.97. The molecule has 0 aliphatic rings. The monoisotopic (exact) mass is 343 g/mol. The van der Waals surface area contributed by atoms with Crippen LogP contribution in [-0.4, -0.2) is 31.5 Å². The van der Waals surface area contributed by atoms with Crippen LogP contribution in [0.3, 0.4) is 0 Å². The SMILES string of the molecule is CCCCC(N)C(O)C(c1ccc(OC)cc1)c1ccc(OC)cc1. The van der Waals surface area contributed by atoms with Gasteiger partial charge in [-0.25, -0.2) is 0 Å². The van der Waals surface area contributed by atoms with Crippen molar-refractivity contribution in [3.8, 4) is 11.5 Å². The van der Waals surface area contributed by atoms with Crippen molar-refractivity contribution in [1.82, 2.24) is 0 Å². The molecule has 0 amide bonds. The Morgan fingerprint density at radius 3 is 1.68 bits per heavy atom. The van der Waals surface area contributed by atoms with Gasteiger partial charge in [-0.15, -0.1) is 0 Å². The van der Waals surface area contributed by atoms with Gasteiger partial charge in [0, 0.05) is 12.0 Å². The molecule has 0 spiro atoms. The molecule has 2 aromatic rings. The Hall–Kier alpha value is -2.04. The topological polar surface area (TPSA) is 64.7 Å². The van der Waals surface area contributed by atoms with E-state index in [-0.39, 0.29) is 12.0 Å². The van der Waals surface area contributed by atoms with Gasteiger partial charge in [0.25, 0.3) is 0 Å². The maximum Gasteiger partial charge on any atom is 0.118 e. The minimum atomic E-state index is -0.659. The summed E-state index contributed by atoms with van der Waals surface area (Å²) in [4.78, 5) is 0. The van der Waals surface area contributed by atoms with Crippen molar-refractivity contribution >= 4 is 0 Å². The van der Waals surface area contributed by atoms with Crippen LogP contribution in [0.15, 0.2) is 48.5 Å². The predicted octanol–water partition coefficient (Wildman–Crippen LogP) is 3.71. The van der Waals surface area contributed by atoms with Crippen LogP contribution in [0.25, 0.3) is 0 Å². The number of benzene rings is 2. The van der Waals surface area contributed by atoms with Gasteiger partial charge in [-0.2, -0.15) is 0 Å². The van der Waals surface area contributed by atoms with Gasteiger partial charge in [0.15, 0.2) is 0 Å². The van der Waals surface area contributed by atoms with Crippen LogP contribution in [0.5, 0.6) is 11.5 Å². The van der Waals surface area contributed by atoms with Crippen molar-refractivity contribution in [2.45, 2.75) is 44.2 Å². The minimum absolute atomic E-state index is 0.191. The summed E-state index contributed by atoms with van der Waals surface area (Å²) in [5.74, 6) is 1.40. The highest BCUT2D eigenvalue weighted by Gasteiger charge is 2.28. The fourth-order valence-electron chi connectivity index (χ4n) is 3.07. The van der Waals surface area contributed by atoms with Crippen LogP contribution in [0.4, 0.5) is 0 Å². The van der Waals surface area contributed by atoms with E-state index < -0.39 is 6.10 Å². The first-order valence-corrected chi connectivity index (χ1v) is 8.82. The standard InChI is InChI=1S/C21H29NO3/c1-4-5-6-19(22)21(23)20(15-7-11-17(24-2)12-8-15)16-9-13-18(25-3)14-10-16/h7-14,19-21,23H,4-6,22H2,1-3H3. The average molecular weight is 343 g/mol. The van der Waals surface area contributed by atoms with Gasteiger partial charge in [0.05, 0.1) is 20.3 Å². The van der Waals surface area contributed by atoms with Crippen LogP contribution < -0.4 is 15.2 Å². The minimum Gasteiger partial charge on any atom is -0.497 e. The van der Waals surface area contributed by atoms with Gasteiger partial charge >= 0.3 is 0 Å². The second kappa shape index (κ2) is 9.44. The number of aliphatic hydroxyl groups excluding tert-OH is 1. The molecule has 2 unspecified atom stereocenters. The molecule has 2 atom stereocenters. The lowest BCUT2D eigenvalue weighted by Crippen LogP contribution is -2.39.